The van der Waals surface area contributed by atoms with Gasteiger partial charge in [0, 0.05) is 19.5 Å². The largest absolute Gasteiger partial charge is 0.337 e. The first-order chi connectivity index (χ1) is 11.4. The maximum atomic E-state index is 12.9. The number of amides is 1. The Morgan fingerprint density at radius 1 is 1.33 bits per heavy atom. The lowest BCUT2D eigenvalue weighted by atomic mass is 10.1. The normalized spacial score (nSPS) is 12.3. The van der Waals surface area contributed by atoms with Crippen LogP contribution in [0, 0.1) is 6.92 Å². The van der Waals surface area contributed by atoms with Crippen molar-refractivity contribution in [2.45, 2.75) is 19.9 Å². The second-order valence-electron chi connectivity index (χ2n) is 5.75. The first-order valence-electron chi connectivity index (χ1n) is 7.56. The number of benzene rings is 1. The maximum absolute atomic E-state index is 12.9. The summed E-state index contributed by atoms with van der Waals surface area (Å²) in [4.78, 5) is 31.0. The molecule has 24 heavy (non-hydrogen) atoms. The molecule has 7 heteroatoms. The van der Waals surface area contributed by atoms with Crippen molar-refractivity contribution in [1.29, 1.82) is 0 Å². The average molecular weight is 326 g/mol. The third-order valence-corrected chi connectivity index (χ3v) is 4.17. The number of pyridine rings is 1. The van der Waals surface area contributed by atoms with Gasteiger partial charge < -0.3 is 14.0 Å². The number of hydrogen-bond donors (Lipinski definition) is 0. The Balaban J connectivity index is 2.02. The van der Waals surface area contributed by atoms with E-state index in [1.54, 1.807) is 46.1 Å². The van der Waals surface area contributed by atoms with Gasteiger partial charge in [-0.2, -0.15) is 4.98 Å². The minimum atomic E-state index is -0.403. The van der Waals surface area contributed by atoms with E-state index in [0.717, 1.165) is 5.39 Å². The predicted octanol–water partition coefficient (Wildman–Crippen LogP) is 2.06. The molecule has 0 aliphatic rings. The Hall–Kier alpha value is -2.96. The molecular weight excluding hydrogens is 308 g/mol. The van der Waals surface area contributed by atoms with E-state index >= 15 is 0 Å². The Morgan fingerprint density at radius 2 is 2.04 bits per heavy atom. The van der Waals surface area contributed by atoms with Gasteiger partial charge in [0.25, 0.3) is 11.5 Å². The number of fused-ring (bicyclic) bond motifs is 1. The molecule has 2 heterocycles. The SMILES string of the molecule is Cc1noc(C(C)N(C)C(=O)c2cc3ccccc3c(=O)n2C)n1. The van der Waals surface area contributed by atoms with Gasteiger partial charge in [-0.3, -0.25) is 9.59 Å². The second kappa shape index (κ2) is 5.92. The van der Waals surface area contributed by atoms with Crippen molar-refractivity contribution >= 4 is 16.7 Å². The van der Waals surface area contributed by atoms with Gasteiger partial charge in [-0.1, -0.05) is 23.4 Å². The van der Waals surface area contributed by atoms with E-state index in [1.165, 1.54) is 9.47 Å². The van der Waals surface area contributed by atoms with Crippen LogP contribution in [0.15, 0.2) is 39.6 Å². The van der Waals surface area contributed by atoms with Crippen LogP contribution in [-0.4, -0.2) is 32.6 Å². The molecule has 0 saturated heterocycles. The molecule has 2 aromatic heterocycles. The van der Waals surface area contributed by atoms with E-state index in [2.05, 4.69) is 10.1 Å². The highest BCUT2D eigenvalue weighted by atomic mass is 16.5. The Bertz CT molecular complexity index is 973. The molecule has 0 saturated carbocycles. The number of nitrogens with zero attached hydrogens (tertiary/aromatic N) is 4. The highest BCUT2D eigenvalue weighted by Crippen LogP contribution is 2.20. The smallest absolute Gasteiger partial charge is 0.271 e. The standard InChI is InChI=1S/C17H18N4O3/c1-10(15-18-11(2)19-24-15)20(3)17(23)14-9-12-7-5-6-8-13(12)16(22)21(14)4/h5-10H,1-4H3. The van der Waals surface area contributed by atoms with Gasteiger partial charge in [0.15, 0.2) is 5.82 Å². The monoisotopic (exact) mass is 326 g/mol. The highest BCUT2D eigenvalue weighted by molar-refractivity contribution is 5.96. The van der Waals surface area contributed by atoms with Crippen molar-refractivity contribution in [3.8, 4) is 0 Å². The number of aromatic nitrogens is 3. The number of carbonyl (C=O) groups excluding carboxylic acids is 1. The summed E-state index contributed by atoms with van der Waals surface area (Å²) in [6.07, 6.45) is 0. The van der Waals surface area contributed by atoms with Gasteiger partial charge in [-0.15, -0.1) is 0 Å². The Morgan fingerprint density at radius 3 is 2.71 bits per heavy atom. The van der Waals surface area contributed by atoms with Crippen LogP contribution < -0.4 is 5.56 Å². The van der Waals surface area contributed by atoms with Crippen molar-refractivity contribution in [3.63, 3.8) is 0 Å². The van der Waals surface area contributed by atoms with E-state index in [-0.39, 0.29) is 11.5 Å². The van der Waals surface area contributed by atoms with E-state index in [0.29, 0.717) is 22.8 Å². The van der Waals surface area contributed by atoms with Gasteiger partial charge in [0.2, 0.25) is 5.89 Å². The van der Waals surface area contributed by atoms with Crippen molar-refractivity contribution in [2.75, 3.05) is 7.05 Å². The predicted molar refractivity (Wildman–Crippen MR) is 88.7 cm³/mol. The molecule has 1 aromatic carbocycles. The lowest BCUT2D eigenvalue weighted by Gasteiger charge is -2.23. The van der Waals surface area contributed by atoms with Crippen molar-refractivity contribution < 1.29 is 9.32 Å². The van der Waals surface area contributed by atoms with Gasteiger partial charge in [0.1, 0.15) is 11.7 Å². The molecule has 0 N–H and O–H groups in total. The topological polar surface area (TPSA) is 81.2 Å². The van der Waals surface area contributed by atoms with Crippen LogP contribution in [-0.2, 0) is 7.05 Å². The third kappa shape index (κ3) is 2.58. The third-order valence-electron chi connectivity index (χ3n) is 4.17. The molecule has 0 aliphatic carbocycles. The molecular formula is C17H18N4O3. The molecule has 1 amide bonds. The molecule has 1 atom stereocenters. The number of hydrogen-bond acceptors (Lipinski definition) is 5. The zero-order valence-electron chi connectivity index (χ0n) is 14.0. The fraction of sp³-hybridized carbons (Fsp3) is 0.294. The molecule has 0 radical (unpaired) electrons. The van der Waals surface area contributed by atoms with Crippen LogP contribution in [0.1, 0.15) is 35.2 Å². The summed E-state index contributed by atoms with van der Waals surface area (Å²) in [6.45, 7) is 3.51. The summed E-state index contributed by atoms with van der Waals surface area (Å²) in [7, 11) is 3.24. The van der Waals surface area contributed by atoms with Crippen LogP contribution >= 0.6 is 0 Å². The van der Waals surface area contributed by atoms with Crippen LogP contribution in [0.5, 0.6) is 0 Å². The summed E-state index contributed by atoms with van der Waals surface area (Å²) in [5.74, 6) is 0.577. The van der Waals surface area contributed by atoms with Crippen LogP contribution in [0.25, 0.3) is 10.8 Å². The van der Waals surface area contributed by atoms with Gasteiger partial charge in [-0.05, 0) is 31.4 Å². The van der Waals surface area contributed by atoms with E-state index in [9.17, 15) is 9.59 Å². The number of aryl methyl sites for hydroxylation is 1. The molecule has 0 aliphatic heterocycles. The van der Waals surface area contributed by atoms with Crippen molar-refractivity contribution in [1.82, 2.24) is 19.6 Å². The fourth-order valence-electron chi connectivity index (χ4n) is 2.56. The summed E-state index contributed by atoms with van der Waals surface area (Å²) in [6, 6.07) is 8.53. The minimum Gasteiger partial charge on any atom is -0.337 e. The summed E-state index contributed by atoms with van der Waals surface area (Å²) in [5, 5.41) is 5.06. The zero-order valence-corrected chi connectivity index (χ0v) is 14.0. The molecule has 1 unspecified atom stereocenters. The minimum absolute atomic E-state index is 0.203. The molecule has 3 rings (SSSR count). The Kier molecular flexibility index (Phi) is 3.92. The van der Waals surface area contributed by atoms with E-state index in [1.807, 2.05) is 12.1 Å². The first-order valence-corrected chi connectivity index (χ1v) is 7.56. The molecule has 0 spiro atoms. The number of carbonyl (C=O) groups is 1. The lowest BCUT2D eigenvalue weighted by molar-refractivity contribution is 0.0705. The quantitative estimate of drug-likeness (QED) is 0.736. The molecule has 7 nitrogen and oxygen atoms in total. The highest BCUT2D eigenvalue weighted by Gasteiger charge is 2.25. The Labute approximate surface area is 138 Å². The summed E-state index contributed by atoms with van der Waals surface area (Å²) in [5.41, 5.74) is 0.107. The second-order valence-corrected chi connectivity index (χ2v) is 5.75. The van der Waals surface area contributed by atoms with Crippen molar-refractivity contribution in [2.24, 2.45) is 7.05 Å². The first kappa shape index (κ1) is 15.9. The lowest BCUT2D eigenvalue weighted by Crippen LogP contribution is -2.34. The van der Waals surface area contributed by atoms with Crippen LogP contribution in [0.3, 0.4) is 0 Å². The van der Waals surface area contributed by atoms with Gasteiger partial charge in [0.05, 0.1) is 0 Å². The van der Waals surface area contributed by atoms with E-state index in [4.69, 9.17) is 4.52 Å². The van der Waals surface area contributed by atoms with Crippen LogP contribution in [0.4, 0.5) is 0 Å². The average Bonchev–Trinajstić information content (AvgIpc) is 3.02. The zero-order chi connectivity index (χ0) is 17.4. The van der Waals surface area contributed by atoms with Crippen molar-refractivity contribution in [3.05, 3.63) is 58.1 Å². The fourth-order valence-corrected chi connectivity index (χ4v) is 2.56. The molecule has 3 aromatic rings. The summed E-state index contributed by atoms with van der Waals surface area (Å²) >= 11 is 0. The number of rotatable bonds is 3. The summed E-state index contributed by atoms with van der Waals surface area (Å²) < 4.78 is 6.50. The molecule has 0 fully saturated rings. The van der Waals surface area contributed by atoms with Crippen LogP contribution in [0.2, 0.25) is 0 Å². The van der Waals surface area contributed by atoms with E-state index < -0.39 is 6.04 Å². The molecule has 124 valence electrons. The van der Waals surface area contributed by atoms with Gasteiger partial charge >= 0.3 is 0 Å². The molecule has 0 bridgehead atoms. The maximum Gasteiger partial charge on any atom is 0.271 e. The van der Waals surface area contributed by atoms with Gasteiger partial charge in [-0.25, -0.2) is 0 Å².